The lowest BCUT2D eigenvalue weighted by Crippen LogP contribution is -2.48. The summed E-state index contributed by atoms with van der Waals surface area (Å²) in [5, 5.41) is 0.820. The standard InChI is InChI=1S/C25H31ClN4OS/c1-27-11-14-30(25(27)31)10-4-9-28-12-15-29(16-13-28)22-17-19-5-2-3-6-23(19)32-24-8-7-20(26)18-21(22)24/h2-3,5-8,18,22H,4,9-17H2,1H3. The number of halogens is 1. The van der Waals surface area contributed by atoms with Crippen LogP contribution < -0.4 is 0 Å². The molecule has 2 aromatic rings. The molecule has 0 N–H and O–H groups in total. The summed E-state index contributed by atoms with van der Waals surface area (Å²) in [6.45, 7) is 7.94. The lowest BCUT2D eigenvalue weighted by atomic mass is 9.96. The Hall–Kier alpha value is -1.73. The number of hydrogen-bond acceptors (Lipinski definition) is 4. The van der Waals surface area contributed by atoms with Gasteiger partial charge in [0.15, 0.2) is 0 Å². The largest absolute Gasteiger partial charge is 0.326 e. The van der Waals surface area contributed by atoms with Gasteiger partial charge in [-0.2, -0.15) is 0 Å². The van der Waals surface area contributed by atoms with E-state index in [1.165, 1.54) is 20.9 Å². The van der Waals surface area contributed by atoms with Crippen LogP contribution in [0.15, 0.2) is 52.3 Å². The average molecular weight is 471 g/mol. The summed E-state index contributed by atoms with van der Waals surface area (Å²) in [5.74, 6) is 0. The molecule has 0 bridgehead atoms. The Morgan fingerprint density at radius 3 is 2.56 bits per heavy atom. The van der Waals surface area contributed by atoms with Gasteiger partial charge >= 0.3 is 6.03 Å². The number of amides is 2. The van der Waals surface area contributed by atoms with Crippen molar-refractivity contribution in [2.75, 3.05) is 59.4 Å². The van der Waals surface area contributed by atoms with Crippen molar-refractivity contribution < 1.29 is 4.79 Å². The molecule has 0 saturated carbocycles. The zero-order valence-corrected chi connectivity index (χ0v) is 20.2. The van der Waals surface area contributed by atoms with Gasteiger partial charge in [-0.3, -0.25) is 4.90 Å². The number of fused-ring (bicyclic) bond motifs is 2. The van der Waals surface area contributed by atoms with Gasteiger partial charge in [0.2, 0.25) is 0 Å². The Balaban J connectivity index is 1.22. The van der Waals surface area contributed by atoms with Crippen LogP contribution in [0.3, 0.4) is 0 Å². The first-order valence-corrected chi connectivity index (χ1v) is 12.8. The Bertz CT molecular complexity index is 978. The molecule has 0 aromatic heterocycles. The van der Waals surface area contributed by atoms with Gasteiger partial charge in [0.1, 0.15) is 0 Å². The Labute approximate surface area is 200 Å². The van der Waals surface area contributed by atoms with Gasteiger partial charge in [0.05, 0.1) is 0 Å². The smallest absolute Gasteiger partial charge is 0.319 e. The number of hydrogen-bond donors (Lipinski definition) is 0. The van der Waals surface area contributed by atoms with E-state index in [1.807, 2.05) is 34.7 Å². The summed E-state index contributed by atoms with van der Waals surface area (Å²) in [6, 6.07) is 15.7. The summed E-state index contributed by atoms with van der Waals surface area (Å²) in [7, 11) is 1.89. The third kappa shape index (κ3) is 4.65. The predicted octanol–water partition coefficient (Wildman–Crippen LogP) is 4.46. The SMILES string of the molecule is CN1CCN(CCCN2CCN(C3Cc4ccccc4Sc4ccc(Cl)cc43)CC2)C1=O. The summed E-state index contributed by atoms with van der Waals surface area (Å²) < 4.78 is 0. The molecule has 5 nitrogen and oxygen atoms in total. The van der Waals surface area contributed by atoms with Gasteiger partial charge in [-0.25, -0.2) is 4.79 Å². The van der Waals surface area contributed by atoms with Crippen LogP contribution in [-0.2, 0) is 6.42 Å². The van der Waals surface area contributed by atoms with Crippen LogP contribution >= 0.6 is 23.4 Å². The second-order valence-corrected chi connectivity index (χ2v) is 10.6. The minimum Gasteiger partial charge on any atom is -0.326 e. The van der Waals surface area contributed by atoms with E-state index in [-0.39, 0.29) is 6.03 Å². The molecule has 2 aromatic carbocycles. The van der Waals surface area contributed by atoms with Gasteiger partial charge in [-0.1, -0.05) is 41.6 Å². The molecule has 3 aliphatic rings. The quantitative estimate of drug-likeness (QED) is 0.645. The number of carbonyl (C=O) groups excluding carboxylic acids is 1. The topological polar surface area (TPSA) is 30.0 Å². The third-order valence-electron chi connectivity index (χ3n) is 6.99. The van der Waals surface area contributed by atoms with Gasteiger partial charge < -0.3 is 14.7 Å². The molecule has 1 unspecified atom stereocenters. The molecule has 2 amide bonds. The highest BCUT2D eigenvalue weighted by atomic mass is 35.5. The molecule has 2 saturated heterocycles. The van der Waals surface area contributed by atoms with Crippen molar-refractivity contribution in [3.8, 4) is 0 Å². The Morgan fingerprint density at radius 2 is 1.78 bits per heavy atom. The van der Waals surface area contributed by atoms with Crippen molar-refractivity contribution in [3.63, 3.8) is 0 Å². The summed E-state index contributed by atoms with van der Waals surface area (Å²) in [4.78, 5) is 23.7. The highest BCUT2D eigenvalue weighted by molar-refractivity contribution is 7.99. The Morgan fingerprint density at radius 1 is 0.969 bits per heavy atom. The van der Waals surface area contributed by atoms with Crippen LogP contribution in [0.4, 0.5) is 4.79 Å². The number of carbonyl (C=O) groups is 1. The molecule has 0 spiro atoms. The molecule has 0 radical (unpaired) electrons. The van der Waals surface area contributed by atoms with Crippen LogP contribution in [0.5, 0.6) is 0 Å². The van der Waals surface area contributed by atoms with Gasteiger partial charge in [0.25, 0.3) is 0 Å². The van der Waals surface area contributed by atoms with Crippen molar-refractivity contribution >= 4 is 29.4 Å². The predicted molar refractivity (Wildman–Crippen MR) is 131 cm³/mol. The van der Waals surface area contributed by atoms with Crippen molar-refractivity contribution in [2.45, 2.75) is 28.7 Å². The van der Waals surface area contributed by atoms with Crippen molar-refractivity contribution in [2.24, 2.45) is 0 Å². The number of urea groups is 1. The molecule has 3 aliphatic heterocycles. The lowest BCUT2D eigenvalue weighted by molar-refractivity contribution is 0.0922. The Kier molecular flexibility index (Phi) is 6.65. The summed E-state index contributed by atoms with van der Waals surface area (Å²) >= 11 is 8.30. The minimum atomic E-state index is 0.179. The van der Waals surface area contributed by atoms with Crippen LogP contribution in [0, 0.1) is 0 Å². The number of nitrogens with zero attached hydrogens (tertiary/aromatic N) is 4. The lowest BCUT2D eigenvalue weighted by Gasteiger charge is -2.40. The zero-order chi connectivity index (χ0) is 22.1. The normalized spacial score (nSPS) is 22.1. The number of rotatable bonds is 5. The maximum absolute atomic E-state index is 12.1. The molecule has 3 heterocycles. The van der Waals surface area contributed by atoms with Crippen LogP contribution in [0.25, 0.3) is 0 Å². The van der Waals surface area contributed by atoms with Crippen molar-refractivity contribution in [1.29, 1.82) is 0 Å². The van der Waals surface area contributed by atoms with E-state index in [0.717, 1.165) is 70.2 Å². The minimum absolute atomic E-state index is 0.179. The fourth-order valence-corrected chi connectivity index (χ4v) is 6.40. The molecule has 5 rings (SSSR count). The highest BCUT2D eigenvalue weighted by Gasteiger charge is 2.30. The number of likely N-dealkylation sites (N-methyl/N-ethyl adjacent to an activating group) is 1. The molecular formula is C25H31ClN4OS. The van der Waals surface area contributed by atoms with Crippen LogP contribution in [0.2, 0.25) is 5.02 Å². The van der Waals surface area contributed by atoms with Gasteiger partial charge in [0, 0.05) is 73.7 Å². The second-order valence-electron chi connectivity index (χ2n) is 9.03. The molecule has 2 fully saturated rings. The maximum atomic E-state index is 12.1. The first kappa shape index (κ1) is 22.1. The first-order chi connectivity index (χ1) is 15.6. The highest BCUT2D eigenvalue weighted by Crippen LogP contribution is 2.43. The molecule has 0 aliphatic carbocycles. The monoisotopic (exact) mass is 470 g/mol. The second kappa shape index (κ2) is 9.64. The van der Waals surface area contributed by atoms with E-state index in [2.05, 4.69) is 46.2 Å². The van der Waals surface area contributed by atoms with Crippen molar-refractivity contribution in [1.82, 2.24) is 19.6 Å². The first-order valence-electron chi connectivity index (χ1n) is 11.6. The van der Waals surface area contributed by atoms with E-state index in [9.17, 15) is 4.79 Å². The third-order valence-corrected chi connectivity index (χ3v) is 8.43. The number of benzene rings is 2. The van der Waals surface area contributed by atoms with Crippen LogP contribution in [-0.4, -0.2) is 85.0 Å². The van der Waals surface area contributed by atoms with E-state index in [1.54, 1.807) is 0 Å². The van der Waals surface area contributed by atoms with Gasteiger partial charge in [-0.15, -0.1) is 0 Å². The van der Waals surface area contributed by atoms with Gasteiger partial charge in [-0.05, 0) is 54.8 Å². The number of piperazine rings is 1. The van der Waals surface area contributed by atoms with Crippen LogP contribution in [0.1, 0.15) is 23.6 Å². The zero-order valence-electron chi connectivity index (χ0n) is 18.7. The molecule has 32 heavy (non-hydrogen) atoms. The van der Waals surface area contributed by atoms with E-state index < -0.39 is 0 Å². The molecular weight excluding hydrogens is 440 g/mol. The van der Waals surface area contributed by atoms with E-state index >= 15 is 0 Å². The molecule has 1 atom stereocenters. The summed E-state index contributed by atoms with van der Waals surface area (Å²) in [5.41, 5.74) is 2.79. The summed E-state index contributed by atoms with van der Waals surface area (Å²) in [6.07, 6.45) is 2.08. The van der Waals surface area contributed by atoms with Crippen molar-refractivity contribution in [3.05, 3.63) is 58.6 Å². The molecule has 170 valence electrons. The van der Waals surface area contributed by atoms with E-state index in [4.69, 9.17) is 11.6 Å². The fraction of sp³-hybridized carbons (Fsp3) is 0.480. The average Bonchev–Trinajstić information content (AvgIpc) is 3.03. The van der Waals surface area contributed by atoms with E-state index in [0.29, 0.717) is 6.04 Å². The maximum Gasteiger partial charge on any atom is 0.319 e. The molecule has 7 heteroatoms. The fourth-order valence-electron chi connectivity index (χ4n) is 5.10.